The molecule has 0 radical (unpaired) electrons. The van der Waals surface area contributed by atoms with Crippen LogP contribution in [0.15, 0.2) is 61.1 Å². The summed E-state index contributed by atoms with van der Waals surface area (Å²) in [7, 11) is 4.13. The van der Waals surface area contributed by atoms with Gasteiger partial charge >= 0.3 is 0 Å². The number of hydrogen-bond acceptors (Lipinski definition) is 7. The first-order chi connectivity index (χ1) is 22.7. The number of carbonyl (C=O) groups excluding carboxylic acids is 2. The molecule has 2 amide bonds. The van der Waals surface area contributed by atoms with Gasteiger partial charge in [0.05, 0.1) is 29.0 Å². The summed E-state index contributed by atoms with van der Waals surface area (Å²) in [5.41, 5.74) is 6.37. The maximum absolute atomic E-state index is 13.4. The molecule has 1 aliphatic carbocycles. The van der Waals surface area contributed by atoms with Crippen LogP contribution in [-0.2, 0) is 7.05 Å². The number of hydrogen-bond donors (Lipinski definition) is 2. The summed E-state index contributed by atoms with van der Waals surface area (Å²) < 4.78 is 1.97. The number of benzene rings is 2. The molecule has 4 aromatic rings. The lowest BCUT2D eigenvalue weighted by molar-refractivity contribution is 0.0929. The third kappa shape index (κ3) is 6.31. The van der Waals surface area contributed by atoms with E-state index in [2.05, 4.69) is 61.6 Å². The van der Waals surface area contributed by atoms with E-state index in [9.17, 15) is 9.59 Å². The molecule has 3 fully saturated rings. The minimum absolute atomic E-state index is 0.0288. The number of amides is 2. The standard InChI is InChI=1S/C37H46N8O2/c1-24-31(12-13-32-35(24)39-23-43(32)4)37(47)41-29-20-27-6-5-15-45(33(27)21-29)34-14-9-28(22-38-34)36(46)40-25(2)26-7-10-30(11-8-26)44-18-16-42(3)17-19-44/h7-14,22-23,25,27,29,33H,5-6,15-21H2,1-4H3,(H,40,46)(H,41,47)/t25-,27?,29?,33?/m0/s1. The minimum Gasteiger partial charge on any atom is -0.369 e. The van der Waals surface area contributed by atoms with Crippen molar-refractivity contribution in [2.45, 2.75) is 57.7 Å². The number of piperidine rings is 1. The summed E-state index contributed by atoms with van der Waals surface area (Å²) in [6.45, 7) is 9.13. The van der Waals surface area contributed by atoms with Crippen LogP contribution in [0.5, 0.6) is 0 Å². The number of pyridine rings is 1. The average Bonchev–Trinajstić information content (AvgIpc) is 3.68. The molecule has 1 saturated carbocycles. The predicted octanol–water partition coefficient (Wildman–Crippen LogP) is 4.70. The first-order valence-electron chi connectivity index (χ1n) is 17.0. The van der Waals surface area contributed by atoms with E-state index in [1.54, 1.807) is 12.5 Å². The number of nitrogens with zero attached hydrogens (tertiary/aromatic N) is 6. The lowest BCUT2D eigenvalue weighted by atomic mass is 9.92. The Balaban J connectivity index is 0.957. The van der Waals surface area contributed by atoms with Crippen LogP contribution in [0.3, 0.4) is 0 Å². The number of rotatable bonds is 7. The molecule has 4 atom stereocenters. The van der Waals surface area contributed by atoms with Crippen molar-refractivity contribution in [1.29, 1.82) is 0 Å². The fraction of sp³-hybridized carbons (Fsp3) is 0.459. The highest BCUT2D eigenvalue weighted by molar-refractivity contribution is 6.00. The second-order valence-electron chi connectivity index (χ2n) is 13.7. The number of likely N-dealkylation sites (N-methyl/N-ethyl adjacent to an activating group) is 1. The molecule has 47 heavy (non-hydrogen) atoms. The Labute approximate surface area is 277 Å². The summed E-state index contributed by atoms with van der Waals surface area (Å²) in [5, 5.41) is 6.48. The van der Waals surface area contributed by atoms with Gasteiger partial charge in [0.25, 0.3) is 11.8 Å². The lowest BCUT2D eigenvalue weighted by Crippen LogP contribution is -2.44. The van der Waals surface area contributed by atoms with E-state index in [0.717, 1.165) is 86.4 Å². The molecule has 0 spiro atoms. The molecule has 2 N–H and O–H groups in total. The molecule has 10 heteroatoms. The van der Waals surface area contributed by atoms with Gasteiger partial charge in [0.1, 0.15) is 5.82 Å². The Hall–Kier alpha value is -4.44. The van der Waals surface area contributed by atoms with Gasteiger partial charge in [-0.3, -0.25) is 9.59 Å². The zero-order chi connectivity index (χ0) is 32.7. The van der Waals surface area contributed by atoms with Crippen LogP contribution in [0.4, 0.5) is 11.5 Å². The number of anilines is 2. The highest BCUT2D eigenvalue weighted by Gasteiger charge is 2.41. The van der Waals surface area contributed by atoms with Crippen molar-refractivity contribution in [1.82, 2.24) is 30.1 Å². The van der Waals surface area contributed by atoms with Crippen LogP contribution in [0.2, 0.25) is 0 Å². The topological polar surface area (TPSA) is 98.6 Å². The van der Waals surface area contributed by atoms with E-state index in [4.69, 9.17) is 4.98 Å². The molecule has 3 aliphatic rings. The molecular formula is C37H46N8O2. The van der Waals surface area contributed by atoms with Crippen molar-refractivity contribution in [3.05, 3.63) is 83.3 Å². The van der Waals surface area contributed by atoms with Crippen molar-refractivity contribution in [2.75, 3.05) is 49.6 Å². The Morgan fingerprint density at radius 1 is 0.894 bits per heavy atom. The number of aromatic nitrogens is 3. The van der Waals surface area contributed by atoms with Gasteiger partial charge in [0.15, 0.2) is 0 Å². The van der Waals surface area contributed by atoms with Crippen molar-refractivity contribution in [3.8, 4) is 0 Å². The highest BCUT2D eigenvalue weighted by Crippen LogP contribution is 2.39. The summed E-state index contributed by atoms with van der Waals surface area (Å²) >= 11 is 0. The van der Waals surface area contributed by atoms with Gasteiger partial charge < -0.3 is 29.9 Å². The van der Waals surface area contributed by atoms with E-state index in [1.807, 2.05) is 49.7 Å². The number of piperazine rings is 1. The molecule has 246 valence electrons. The van der Waals surface area contributed by atoms with Crippen LogP contribution < -0.4 is 20.4 Å². The predicted molar refractivity (Wildman–Crippen MR) is 186 cm³/mol. The largest absolute Gasteiger partial charge is 0.369 e. The van der Waals surface area contributed by atoms with E-state index in [-0.39, 0.29) is 23.9 Å². The smallest absolute Gasteiger partial charge is 0.253 e. The molecule has 2 aromatic carbocycles. The fourth-order valence-electron chi connectivity index (χ4n) is 7.83. The highest BCUT2D eigenvalue weighted by atomic mass is 16.2. The normalized spacial score (nSPS) is 22.3. The molecule has 2 aromatic heterocycles. The van der Waals surface area contributed by atoms with Gasteiger partial charge in [-0.2, -0.15) is 0 Å². The van der Waals surface area contributed by atoms with E-state index >= 15 is 0 Å². The second-order valence-corrected chi connectivity index (χ2v) is 13.7. The third-order valence-corrected chi connectivity index (χ3v) is 10.7. The van der Waals surface area contributed by atoms with Gasteiger partial charge in [0.2, 0.25) is 0 Å². The molecule has 4 heterocycles. The molecule has 3 unspecified atom stereocenters. The summed E-state index contributed by atoms with van der Waals surface area (Å²) in [4.78, 5) is 43.0. The van der Waals surface area contributed by atoms with Gasteiger partial charge in [-0.25, -0.2) is 9.97 Å². The summed E-state index contributed by atoms with van der Waals surface area (Å²) in [6, 6.07) is 16.6. The number of imidazole rings is 1. The Bertz CT molecular complexity index is 1740. The van der Waals surface area contributed by atoms with Crippen LogP contribution in [0.25, 0.3) is 11.0 Å². The monoisotopic (exact) mass is 634 g/mol. The Morgan fingerprint density at radius 3 is 2.43 bits per heavy atom. The number of carbonyl (C=O) groups is 2. The maximum atomic E-state index is 13.4. The van der Waals surface area contributed by atoms with E-state index in [0.29, 0.717) is 23.1 Å². The fourth-order valence-corrected chi connectivity index (χ4v) is 7.83. The molecule has 0 bridgehead atoms. The first kappa shape index (κ1) is 31.2. The van der Waals surface area contributed by atoms with Crippen molar-refractivity contribution in [2.24, 2.45) is 13.0 Å². The number of fused-ring (bicyclic) bond motifs is 2. The third-order valence-electron chi connectivity index (χ3n) is 10.7. The second kappa shape index (κ2) is 13.0. The van der Waals surface area contributed by atoms with Crippen molar-refractivity contribution >= 4 is 34.4 Å². The summed E-state index contributed by atoms with van der Waals surface area (Å²) in [6.07, 6.45) is 7.58. The Morgan fingerprint density at radius 2 is 1.68 bits per heavy atom. The quantitative estimate of drug-likeness (QED) is 0.304. The molecule has 2 saturated heterocycles. The molecule has 7 rings (SSSR count). The first-order valence-corrected chi connectivity index (χ1v) is 17.0. The van der Waals surface area contributed by atoms with Crippen LogP contribution in [0, 0.1) is 12.8 Å². The molecule has 2 aliphatic heterocycles. The maximum Gasteiger partial charge on any atom is 0.253 e. The van der Waals surface area contributed by atoms with Crippen LogP contribution in [-0.4, -0.2) is 83.1 Å². The molecular weight excluding hydrogens is 588 g/mol. The van der Waals surface area contributed by atoms with E-state index in [1.165, 1.54) is 5.69 Å². The number of nitrogens with one attached hydrogen (secondary N) is 2. The van der Waals surface area contributed by atoms with Gasteiger partial charge in [-0.15, -0.1) is 0 Å². The van der Waals surface area contributed by atoms with Crippen LogP contribution in [0.1, 0.15) is 70.5 Å². The van der Waals surface area contributed by atoms with E-state index < -0.39 is 0 Å². The lowest BCUT2D eigenvalue weighted by Gasteiger charge is -2.38. The van der Waals surface area contributed by atoms with Crippen molar-refractivity contribution < 1.29 is 9.59 Å². The SMILES string of the molecule is Cc1c(C(=O)NC2CC3CCCN(c4ccc(C(=O)N[C@@H](C)c5ccc(N6CCN(C)CC6)cc5)cn4)C3C2)ccc2c1ncn2C. The van der Waals surface area contributed by atoms with Crippen molar-refractivity contribution in [3.63, 3.8) is 0 Å². The zero-order valence-electron chi connectivity index (χ0n) is 27.9. The summed E-state index contributed by atoms with van der Waals surface area (Å²) in [5.74, 6) is 1.24. The zero-order valence-corrected chi connectivity index (χ0v) is 27.9. The van der Waals surface area contributed by atoms with Gasteiger partial charge in [0, 0.05) is 69.3 Å². The van der Waals surface area contributed by atoms with Gasteiger partial charge in [-0.1, -0.05) is 12.1 Å². The van der Waals surface area contributed by atoms with Crippen LogP contribution >= 0.6 is 0 Å². The number of aryl methyl sites for hydroxylation is 2. The molecule has 10 nitrogen and oxygen atoms in total. The minimum atomic E-state index is -0.126. The Kier molecular flexibility index (Phi) is 8.61. The van der Waals surface area contributed by atoms with Gasteiger partial charge in [-0.05, 0) is 100 Å². The average molecular weight is 635 g/mol.